The Morgan fingerprint density at radius 1 is 0.704 bits per heavy atom. The number of hydrogen-bond donors (Lipinski definition) is 0. The van der Waals surface area contributed by atoms with E-state index in [4.69, 9.17) is 9.47 Å². The maximum atomic E-state index is 5.62. The molecular formula is C25H28O2. The summed E-state index contributed by atoms with van der Waals surface area (Å²) >= 11 is 0. The van der Waals surface area contributed by atoms with Gasteiger partial charge >= 0.3 is 0 Å². The van der Waals surface area contributed by atoms with Gasteiger partial charge in [-0.2, -0.15) is 0 Å². The summed E-state index contributed by atoms with van der Waals surface area (Å²) in [5.74, 6) is 2.17. The van der Waals surface area contributed by atoms with Crippen LogP contribution in [0.3, 0.4) is 0 Å². The zero-order valence-corrected chi connectivity index (χ0v) is 16.4. The number of ether oxygens (including phenoxy) is 2. The Balaban J connectivity index is 2.08. The van der Waals surface area contributed by atoms with Gasteiger partial charge in [-0.25, -0.2) is 0 Å². The summed E-state index contributed by atoms with van der Waals surface area (Å²) in [6, 6.07) is 16.9. The van der Waals surface area contributed by atoms with Crippen LogP contribution in [0.25, 0.3) is 5.57 Å². The molecule has 140 valence electrons. The first-order chi connectivity index (χ1) is 13.3. The van der Waals surface area contributed by atoms with Crippen molar-refractivity contribution in [2.75, 3.05) is 13.2 Å². The smallest absolute Gasteiger partial charge is 0.119 e. The summed E-state index contributed by atoms with van der Waals surface area (Å²) in [4.78, 5) is 0. The monoisotopic (exact) mass is 360 g/mol. The topological polar surface area (TPSA) is 18.5 Å². The molecule has 1 aliphatic rings. The molecule has 0 saturated carbocycles. The molecule has 0 aromatic heterocycles. The highest BCUT2D eigenvalue weighted by atomic mass is 16.5. The van der Waals surface area contributed by atoms with E-state index in [-0.39, 0.29) is 0 Å². The molecule has 2 nitrogen and oxygen atoms in total. The third-order valence-electron chi connectivity index (χ3n) is 4.76. The minimum Gasteiger partial charge on any atom is -0.494 e. The van der Waals surface area contributed by atoms with Crippen LogP contribution in [0.4, 0.5) is 0 Å². The van der Waals surface area contributed by atoms with E-state index >= 15 is 0 Å². The van der Waals surface area contributed by atoms with E-state index in [1.807, 2.05) is 13.8 Å². The molecule has 0 heterocycles. The van der Waals surface area contributed by atoms with Crippen molar-refractivity contribution in [1.29, 1.82) is 0 Å². The number of allylic oxidation sites excluding steroid dienone is 5. The third-order valence-corrected chi connectivity index (χ3v) is 4.76. The molecule has 0 radical (unpaired) electrons. The van der Waals surface area contributed by atoms with E-state index in [1.165, 1.54) is 22.3 Å². The molecule has 3 rings (SSSR count). The van der Waals surface area contributed by atoms with Crippen LogP contribution in [0, 0.1) is 5.92 Å². The highest BCUT2D eigenvalue weighted by molar-refractivity contribution is 5.83. The van der Waals surface area contributed by atoms with Crippen molar-refractivity contribution < 1.29 is 9.47 Å². The first-order valence-corrected chi connectivity index (χ1v) is 9.81. The van der Waals surface area contributed by atoms with Crippen LogP contribution in [0.5, 0.6) is 11.5 Å². The average Bonchev–Trinajstić information content (AvgIpc) is 3.23. The molecule has 0 bridgehead atoms. The molecule has 0 unspecified atom stereocenters. The second-order valence-corrected chi connectivity index (χ2v) is 6.46. The Bertz CT molecular complexity index is 760. The first kappa shape index (κ1) is 19.0. The van der Waals surface area contributed by atoms with Crippen LogP contribution in [0.1, 0.15) is 38.3 Å². The molecule has 1 aliphatic carbocycles. The van der Waals surface area contributed by atoms with Crippen molar-refractivity contribution >= 4 is 5.57 Å². The van der Waals surface area contributed by atoms with E-state index in [2.05, 4.69) is 79.8 Å². The maximum absolute atomic E-state index is 5.62. The zero-order valence-electron chi connectivity index (χ0n) is 16.4. The van der Waals surface area contributed by atoms with E-state index in [9.17, 15) is 0 Å². The van der Waals surface area contributed by atoms with Crippen LogP contribution in [-0.2, 0) is 0 Å². The number of benzene rings is 2. The van der Waals surface area contributed by atoms with Gasteiger partial charge in [0.25, 0.3) is 0 Å². The van der Waals surface area contributed by atoms with Crippen LogP contribution in [-0.4, -0.2) is 13.2 Å². The second-order valence-electron chi connectivity index (χ2n) is 6.46. The Hall–Kier alpha value is -2.74. The third kappa shape index (κ3) is 4.51. The van der Waals surface area contributed by atoms with Crippen molar-refractivity contribution in [2.45, 2.75) is 27.2 Å². The van der Waals surface area contributed by atoms with Gasteiger partial charge < -0.3 is 9.47 Å². The minimum atomic E-state index is 0.350. The summed E-state index contributed by atoms with van der Waals surface area (Å²) in [5, 5.41) is 0. The van der Waals surface area contributed by atoms with Gasteiger partial charge in [0.1, 0.15) is 11.5 Å². The quantitative estimate of drug-likeness (QED) is 0.539. The molecule has 0 amide bonds. The van der Waals surface area contributed by atoms with E-state index in [0.29, 0.717) is 19.1 Å². The van der Waals surface area contributed by atoms with Gasteiger partial charge in [-0.15, -0.1) is 0 Å². The molecule has 27 heavy (non-hydrogen) atoms. The molecule has 0 saturated heterocycles. The highest BCUT2D eigenvalue weighted by Crippen LogP contribution is 2.36. The van der Waals surface area contributed by atoms with Gasteiger partial charge in [-0.05, 0) is 61.2 Å². The van der Waals surface area contributed by atoms with Crippen LogP contribution < -0.4 is 9.47 Å². The summed E-state index contributed by atoms with van der Waals surface area (Å²) in [5.41, 5.74) is 5.15. The first-order valence-electron chi connectivity index (χ1n) is 9.81. The molecule has 0 atom stereocenters. The van der Waals surface area contributed by atoms with Gasteiger partial charge in [-0.3, -0.25) is 0 Å². The van der Waals surface area contributed by atoms with Crippen molar-refractivity contribution in [3.05, 3.63) is 89.5 Å². The molecule has 0 aliphatic heterocycles. The van der Waals surface area contributed by atoms with Gasteiger partial charge in [0.15, 0.2) is 0 Å². The SMILES string of the molecule is CCOc1ccc(C(=C(CC)C2C=CC=C2)c2ccc(OCC)cc2)cc1. The lowest BCUT2D eigenvalue weighted by Crippen LogP contribution is -2.02. The second kappa shape index (κ2) is 9.27. The molecular weight excluding hydrogens is 332 g/mol. The van der Waals surface area contributed by atoms with Crippen molar-refractivity contribution in [3.8, 4) is 11.5 Å². The molecule has 0 fully saturated rings. The van der Waals surface area contributed by atoms with Crippen LogP contribution in [0.15, 0.2) is 78.4 Å². The minimum absolute atomic E-state index is 0.350. The fourth-order valence-corrected chi connectivity index (χ4v) is 3.55. The largest absolute Gasteiger partial charge is 0.494 e. The van der Waals surface area contributed by atoms with Gasteiger partial charge in [0.2, 0.25) is 0 Å². The summed E-state index contributed by atoms with van der Waals surface area (Å²) in [7, 11) is 0. The van der Waals surface area contributed by atoms with Gasteiger partial charge in [0, 0.05) is 5.92 Å². The lowest BCUT2D eigenvalue weighted by molar-refractivity contribution is 0.340. The molecule has 0 spiro atoms. The number of hydrogen-bond acceptors (Lipinski definition) is 2. The normalized spacial score (nSPS) is 13.0. The lowest BCUT2D eigenvalue weighted by Gasteiger charge is -2.19. The van der Waals surface area contributed by atoms with Crippen molar-refractivity contribution in [3.63, 3.8) is 0 Å². The van der Waals surface area contributed by atoms with E-state index in [1.54, 1.807) is 0 Å². The fraction of sp³-hybridized carbons (Fsp3) is 0.280. The average molecular weight is 360 g/mol. The molecule has 2 heteroatoms. The summed E-state index contributed by atoms with van der Waals surface area (Å²) in [6.07, 6.45) is 9.79. The van der Waals surface area contributed by atoms with Gasteiger partial charge in [0.05, 0.1) is 13.2 Å². The van der Waals surface area contributed by atoms with Crippen molar-refractivity contribution in [2.24, 2.45) is 5.92 Å². The maximum Gasteiger partial charge on any atom is 0.119 e. The predicted molar refractivity (Wildman–Crippen MR) is 113 cm³/mol. The zero-order chi connectivity index (χ0) is 19.1. The molecule has 2 aromatic carbocycles. The summed E-state index contributed by atoms with van der Waals surface area (Å²) < 4.78 is 11.2. The molecule has 0 N–H and O–H groups in total. The number of rotatable bonds is 8. The predicted octanol–water partition coefficient (Wildman–Crippen LogP) is 6.44. The summed E-state index contributed by atoms with van der Waals surface area (Å²) in [6.45, 7) is 7.61. The Kier molecular flexibility index (Phi) is 6.54. The van der Waals surface area contributed by atoms with Crippen LogP contribution >= 0.6 is 0 Å². The molecule has 2 aromatic rings. The van der Waals surface area contributed by atoms with E-state index in [0.717, 1.165) is 17.9 Å². The Morgan fingerprint density at radius 2 is 1.15 bits per heavy atom. The van der Waals surface area contributed by atoms with Gasteiger partial charge in [-0.1, -0.05) is 61.1 Å². The highest BCUT2D eigenvalue weighted by Gasteiger charge is 2.17. The van der Waals surface area contributed by atoms with Crippen molar-refractivity contribution in [1.82, 2.24) is 0 Å². The lowest BCUT2D eigenvalue weighted by atomic mass is 9.85. The fourth-order valence-electron chi connectivity index (χ4n) is 3.55. The standard InChI is InChI=1S/C25H28O2/c1-4-24(19-9-7-8-10-19)25(20-11-15-22(16-12-20)26-5-2)21-13-17-23(18-14-21)27-6-3/h7-19H,4-6H2,1-3H3. The Morgan fingerprint density at radius 3 is 1.52 bits per heavy atom. The van der Waals surface area contributed by atoms with E-state index < -0.39 is 0 Å². The van der Waals surface area contributed by atoms with Crippen LogP contribution in [0.2, 0.25) is 0 Å². The Labute approximate surface area is 162 Å².